The highest BCUT2D eigenvalue weighted by Crippen LogP contribution is 2.09. The molecule has 182 valence electrons. The summed E-state index contributed by atoms with van der Waals surface area (Å²) in [6.45, 7) is 4.62. The van der Waals surface area contributed by atoms with Crippen molar-refractivity contribution in [1.82, 2.24) is 5.32 Å². The van der Waals surface area contributed by atoms with Gasteiger partial charge in [-0.3, -0.25) is 10.1 Å². The third-order valence-corrected chi connectivity index (χ3v) is 5.01. The van der Waals surface area contributed by atoms with Crippen LogP contribution in [0, 0.1) is 6.92 Å². The van der Waals surface area contributed by atoms with E-state index in [0.717, 1.165) is 50.5 Å². The fraction of sp³-hybridized carbons (Fsp3) is 0.500. The molecule has 0 aliphatic heterocycles. The van der Waals surface area contributed by atoms with Crippen LogP contribution < -0.4 is 10.6 Å². The lowest BCUT2D eigenvalue weighted by Crippen LogP contribution is -2.28. The van der Waals surface area contributed by atoms with Gasteiger partial charge in [-0.25, -0.2) is 4.79 Å². The fourth-order valence-electron chi connectivity index (χ4n) is 3.12. The zero-order chi connectivity index (χ0) is 24.0. The Morgan fingerprint density at radius 2 is 1.48 bits per heavy atom. The van der Waals surface area contributed by atoms with Crippen LogP contribution in [-0.2, 0) is 9.53 Å². The summed E-state index contributed by atoms with van der Waals surface area (Å²) in [5.41, 5.74) is 1.81. The van der Waals surface area contributed by atoms with Crippen molar-refractivity contribution in [1.29, 1.82) is 0 Å². The lowest BCUT2D eigenvalue weighted by molar-refractivity contribution is -0.121. The fourth-order valence-corrected chi connectivity index (χ4v) is 3.12. The molecule has 5 heteroatoms. The molecule has 0 spiro atoms. The molecule has 2 N–H and O–H groups in total. The minimum Gasteiger partial charge on any atom is -0.447 e. The summed E-state index contributed by atoms with van der Waals surface area (Å²) in [6, 6.07) is 7.48. The number of allylic oxidation sites excluding steroid dienone is 6. The Balaban J connectivity index is 1.90. The van der Waals surface area contributed by atoms with Crippen molar-refractivity contribution < 1.29 is 14.3 Å². The predicted molar refractivity (Wildman–Crippen MR) is 138 cm³/mol. The maximum absolute atomic E-state index is 11.9. The highest BCUT2D eigenvalue weighted by atomic mass is 16.5. The number of amides is 2. The minimum atomic E-state index is -0.515. The summed E-state index contributed by atoms with van der Waals surface area (Å²) in [4.78, 5) is 23.6. The summed E-state index contributed by atoms with van der Waals surface area (Å²) in [6.07, 6.45) is 23.1. The molecular formula is C28H42N2O3. The van der Waals surface area contributed by atoms with Gasteiger partial charge in [0.05, 0.1) is 6.54 Å². The van der Waals surface area contributed by atoms with E-state index in [4.69, 9.17) is 4.74 Å². The highest BCUT2D eigenvalue weighted by Gasteiger charge is 2.04. The molecule has 33 heavy (non-hydrogen) atoms. The topological polar surface area (TPSA) is 67.4 Å². The van der Waals surface area contributed by atoms with Crippen molar-refractivity contribution in [3.63, 3.8) is 0 Å². The number of rotatable bonds is 17. The lowest BCUT2D eigenvalue weighted by Gasteiger charge is -2.08. The molecule has 1 aromatic rings. The molecule has 5 nitrogen and oxygen atoms in total. The van der Waals surface area contributed by atoms with Gasteiger partial charge in [0.2, 0.25) is 5.91 Å². The average Bonchev–Trinajstić information content (AvgIpc) is 2.81. The Labute approximate surface area is 200 Å². The molecule has 0 saturated carbocycles. The summed E-state index contributed by atoms with van der Waals surface area (Å²) in [7, 11) is 0. The molecule has 0 aromatic heterocycles. The third-order valence-electron chi connectivity index (χ3n) is 5.01. The van der Waals surface area contributed by atoms with E-state index in [1.165, 1.54) is 12.8 Å². The Hall–Kier alpha value is -2.82. The zero-order valence-corrected chi connectivity index (χ0v) is 20.5. The van der Waals surface area contributed by atoms with Gasteiger partial charge in [-0.15, -0.1) is 0 Å². The Morgan fingerprint density at radius 1 is 0.848 bits per heavy atom. The number of benzene rings is 1. The second-order valence-electron chi connectivity index (χ2n) is 8.08. The zero-order valence-electron chi connectivity index (χ0n) is 20.5. The van der Waals surface area contributed by atoms with Gasteiger partial charge in [-0.1, -0.05) is 80.3 Å². The summed E-state index contributed by atoms with van der Waals surface area (Å²) in [5.74, 6) is 0.0127. The number of aryl methyl sites for hydroxylation is 1. The Bertz CT molecular complexity index is 736. The van der Waals surface area contributed by atoms with Crippen molar-refractivity contribution in [3.8, 4) is 0 Å². The summed E-state index contributed by atoms with van der Waals surface area (Å²) in [5, 5.41) is 5.45. The van der Waals surface area contributed by atoms with Crippen LogP contribution in [0.25, 0.3) is 0 Å². The van der Waals surface area contributed by atoms with Crippen molar-refractivity contribution in [2.45, 2.75) is 78.1 Å². The van der Waals surface area contributed by atoms with E-state index in [-0.39, 0.29) is 12.5 Å². The quantitative estimate of drug-likeness (QED) is 0.192. The van der Waals surface area contributed by atoms with Gasteiger partial charge in [-0.2, -0.15) is 0 Å². The maximum Gasteiger partial charge on any atom is 0.411 e. The molecule has 0 atom stereocenters. The lowest BCUT2D eigenvalue weighted by atomic mass is 10.1. The normalized spacial score (nSPS) is 11.5. The predicted octanol–water partition coefficient (Wildman–Crippen LogP) is 7.25. The molecule has 0 aliphatic rings. The van der Waals surface area contributed by atoms with Crippen molar-refractivity contribution in [3.05, 3.63) is 66.3 Å². The van der Waals surface area contributed by atoms with E-state index >= 15 is 0 Å². The molecule has 0 radical (unpaired) electrons. The Kier molecular flexibility index (Phi) is 17.0. The van der Waals surface area contributed by atoms with E-state index in [1.54, 1.807) is 0 Å². The largest absolute Gasteiger partial charge is 0.447 e. The van der Waals surface area contributed by atoms with Crippen LogP contribution in [0.15, 0.2) is 60.7 Å². The molecular weight excluding hydrogens is 412 g/mol. The van der Waals surface area contributed by atoms with Crippen molar-refractivity contribution in [2.75, 3.05) is 18.5 Å². The smallest absolute Gasteiger partial charge is 0.411 e. The molecule has 0 aliphatic carbocycles. The summed E-state index contributed by atoms with van der Waals surface area (Å²) >= 11 is 0. The first-order chi connectivity index (χ1) is 16.1. The molecule has 0 saturated heterocycles. The number of hydrogen-bond acceptors (Lipinski definition) is 3. The van der Waals surface area contributed by atoms with Gasteiger partial charge in [0.15, 0.2) is 0 Å². The first kappa shape index (κ1) is 28.2. The second kappa shape index (κ2) is 19.8. The minimum absolute atomic E-state index is 0.0127. The standard InChI is InChI=1S/C28H42N2O3/c1-3-4-5-6-7-8-9-10-11-12-13-14-15-16-17-18-27(31)29-23-24-33-28(32)30-26-21-19-25(2)20-22-26/h4-5,7-8,10-11,19-22H,3,6,9,12-18,23-24H2,1-2H3,(H,29,31)(H,30,32)/b5-4-,8-7-,11-10-. The number of anilines is 1. The molecule has 2 amide bonds. The number of nitrogens with one attached hydrogen (secondary N) is 2. The van der Waals surface area contributed by atoms with Gasteiger partial charge in [-0.05, 0) is 57.6 Å². The first-order valence-electron chi connectivity index (χ1n) is 12.3. The average molecular weight is 455 g/mol. The van der Waals surface area contributed by atoms with Crippen LogP contribution in [0.5, 0.6) is 0 Å². The molecule has 0 fully saturated rings. The van der Waals surface area contributed by atoms with Crippen LogP contribution in [-0.4, -0.2) is 25.2 Å². The molecule has 1 rings (SSSR count). The van der Waals surface area contributed by atoms with E-state index < -0.39 is 6.09 Å². The van der Waals surface area contributed by atoms with E-state index in [9.17, 15) is 9.59 Å². The first-order valence-corrected chi connectivity index (χ1v) is 12.3. The number of ether oxygens (including phenoxy) is 1. The second-order valence-corrected chi connectivity index (χ2v) is 8.08. The van der Waals surface area contributed by atoms with Gasteiger partial charge >= 0.3 is 6.09 Å². The van der Waals surface area contributed by atoms with Crippen LogP contribution >= 0.6 is 0 Å². The molecule has 0 unspecified atom stereocenters. The van der Waals surface area contributed by atoms with Gasteiger partial charge in [0.1, 0.15) is 6.61 Å². The SMILES string of the molecule is CC/C=C\C/C=C\C/C=C\CCCCCCCC(=O)NCCOC(=O)Nc1ccc(C)cc1. The monoisotopic (exact) mass is 454 g/mol. The number of unbranched alkanes of at least 4 members (excludes halogenated alkanes) is 5. The summed E-state index contributed by atoms with van der Waals surface area (Å²) < 4.78 is 5.08. The van der Waals surface area contributed by atoms with Gasteiger partial charge in [0.25, 0.3) is 0 Å². The van der Waals surface area contributed by atoms with E-state index in [2.05, 4.69) is 54.0 Å². The van der Waals surface area contributed by atoms with Crippen LogP contribution in [0.3, 0.4) is 0 Å². The van der Waals surface area contributed by atoms with Crippen molar-refractivity contribution >= 4 is 17.7 Å². The Morgan fingerprint density at radius 3 is 2.21 bits per heavy atom. The van der Waals surface area contributed by atoms with E-state index in [0.29, 0.717) is 18.7 Å². The van der Waals surface area contributed by atoms with Crippen molar-refractivity contribution in [2.24, 2.45) is 0 Å². The maximum atomic E-state index is 11.9. The van der Waals surface area contributed by atoms with Crippen LogP contribution in [0.4, 0.5) is 10.5 Å². The number of carbonyl (C=O) groups excluding carboxylic acids is 2. The molecule has 0 bridgehead atoms. The van der Waals surface area contributed by atoms with Crippen LogP contribution in [0.1, 0.15) is 76.7 Å². The van der Waals surface area contributed by atoms with Crippen LogP contribution in [0.2, 0.25) is 0 Å². The van der Waals surface area contributed by atoms with Gasteiger partial charge in [0, 0.05) is 12.1 Å². The van der Waals surface area contributed by atoms with E-state index in [1.807, 2.05) is 31.2 Å². The highest BCUT2D eigenvalue weighted by molar-refractivity contribution is 5.84. The number of hydrogen-bond donors (Lipinski definition) is 2. The molecule has 1 aromatic carbocycles. The third kappa shape index (κ3) is 17.4. The number of carbonyl (C=O) groups is 2. The van der Waals surface area contributed by atoms with Gasteiger partial charge < -0.3 is 10.1 Å². The molecule has 0 heterocycles.